The number of carbonyl (C=O) groups is 2. The maximum absolute atomic E-state index is 11.9. The third-order valence-corrected chi connectivity index (χ3v) is 3.46. The van der Waals surface area contributed by atoms with Gasteiger partial charge in [0.25, 0.3) is 5.91 Å². The first-order chi connectivity index (χ1) is 9.66. The van der Waals surface area contributed by atoms with Crippen molar-refractivity contribution in [2.24, 2.45) is 0 Å². The van der Waals surface area contributed by atoms with Crippen LogP contribution in [0, 0.1) is 0 Å². The molecule has 0 radical (unpaired) electrons. The Morgan fingerprint density at radius 2 is 1.75 bits per heavy atom. The van der Waals surface area contributed by atoms with Crippen molar-refractivity contribution in [1.29, 1.82) is 0 Å². The molecular formula is C15H20N2O3. The molecule has 5 heteroatoms. The van der Waals surface area contributed by atoms with Gasteiger partial charge in [0.1, 0.15) is 5.75 Å². The van der Waals surface area contributed by atoms with Crippen LogP contribution in [-0.4, -0.2) is 41.5 Å². The average Bonchev–Trinajstić information content (AvgIpc) is 2.48. The van der Waals surface area contributed by atoms with Gasteiger partial charge in [0.2, 0.25) is 5.91 Å². The van der Waals surface area contributed by atoms with Crippen molar-refractivity contribution in [2.75, 3.05) is 19.6 Å². The van der Waals surface area contributed by atoms with Gasteiger partial charge in [-0.1, -0.05) is 0 Å². The maximum atomic E-state index is 11.9. The van der Waals surface area contributed by atoms with Gasteiger partial charge in [-0.3, -0.25) is 9.59 Å². The molecule has 2 amide bonds. The number of amides is 2. The average molecular weight is 276 g/mol. The van der Waals surface area contributed by atoms with Crippen LogP contribution in [0.3, 0.4) is 0 Å². The molecule has 0 aromatic heterocycles. The summed E-state index contributed by atoms with van der Waals surface area (Å²) in [5.41, 5.74) is 0.480. The Hall–Kier alpha value is -2.04. The highest BCUT2D eigenvalue weighted by atomic mass is 16.3. The minimum Gasteiger partial charge on any atom is -0.508 e. The highest BCUT2D eigenvalue weighted by Crippen LogP contribution is 2.10. The van der Waals surface area contributed by atoms with Crippen LogP contribution in [0.15, 0.2) is 24.3 Å². The molecule has 108 valence electrons. The van der Waals surface area contributed by atoms with E-state index in [0.717, 1.165) is 25.9 Å². The lowest BCUT2D eigenvalue weighted by Gasteiger charge is -2.26. The summed E-state index contributed by atoms with van der Waals surface area (Å²) in [6, 6.07) is 6.04. The summed E-state index contributed by atoms with van der Waals surface area (Å²) in [6.07, 6.45) is 3.68. The fraction of sp³-hybridized carbons (Fsp3) is 0.467. The Labute approximate surface area is 118 Å². The molecule has 0 unspecified atom stereocenters. The molecule has 2 rings (SSSR count). The van der Waals surface area contributed by atoms with Crippen LogP contribution in [0.5, 0.6) is 5.75 Å². The molecule has 1 fully saturated rings. The zero-order valence-corrected chi connectivity index (χ0v) is 11.5. The van der Waals surface area contributed by atoms with E-state index >= 15 is 0 Å². The van der Waals surface area contributed by atoms with Gasteiger partial charge in [0, 0.05) is 31.6 Å². The van der Waals surface area contributed by atoms with Crippen molar-refractivity contribution in [1.82, 2.24) is 10.2 Å². The summed E-state index contributed by atoms with van der Waals surface area (Å²) in [7, 11) is 0. The fourth-order valence-electron chi connectivity index (χ4n) is 2.30. The lowest BCUT2D eigenvalue weighted by molar-refractivity contribution is -0.131. The zero-order valence-electron chi connectivity index (χ0n) is 11.5. The molecule has 5 nitrogen and oxygen atoms in total. The molecule has 0 spiro atoms. The summed E-state index contributed by atoms with van der Waals surface area (Å²) in [5, 5.41) is 11.9. The van der Waals surface area contributed by atoms with Crippen LogP contribution in [0.4, 0.5) is 0 Å². The molecule has 0 atom stereocenters. The smallest absolute Gasteiger partial charge is 0.251 e. The van der Waals surface area contributed by atoms with E-state index in [2.05, 4.69) is 5.32 Å². The molecule has 0 aliphatic carbocycles. The molecule has 1 aliphatic heterocycles. The number of phenolic OH excluding ortho intramolecular Hbond substituents is 1. The lowest BCUT2D eigenvalue weighted by atomic mass is 10.1. The highest BCUT2D eigenvalue weighted by Gasteiger charge is 2.16. The maximum Gasteiger partial charge on any atom is 0.251 e. The number of benzene rings is 1. The Morgan fingerprint density at radius 3 is 2.40 bits per heavy atom. The molecule has 1 aromatic rings. The van der Waals surface area contributed by atoms with Gasteiger partial charge in [0.15, 0.2) is 0 Å². The Morgan fingerprint density at radius 1 is 1.10 bits per heavy atom. The van der Waals surface area contributed by atoms with Gasteiger partial charge in [-0.15, -0.1) is 0 Å². The van der Waals surface area contributed by atoms with Crippen molar-refractivity contribution >= 4 is 11.8 Å². The molecule has 1 saturated heterocycles. The Bertz CT molecular complexity index is 465. The van der Waals surface area contributed by atoms with E-state index in [1.165, 1.54) is 18.6 Å². The summed E-state index contributed by atoms with van der Waals surface area (Å²) < 4.78 is 0. The lowest BCUT2D eigenvalue weighted by Crippen LogP contribution is -2.37. The minimum atomic E-state index is -0.226. The molecule has 20 heavy (non-hydrogen) atoms. The molecule has 2 N–H and O–H groups in total. The number of phenols is 1. The van der Waals surface area contributed by atoms with Gasteiger partial charge >= 0.3 is 0 Å². The number of piperidine rings is 1. The highest BCUT2D eigenvalue weighted by molar-refractivity contribution is 5.94. The van der Waals surface area contributed by atoms with Gasteiger partial charge in [0.05, 0.1) is 0 Å². The molecule has 0 saturated carbocycles. The standard InChI is InChI=1S/C15H20N2O3/c18-13-6-4-12(5-7-13)15(20)16-9-8-14(19)17-10-2-1-3-11-17/h4-7,18H,1-3,8-11H2,(H,16,20). The first-order valence-electron chi connectivity index (χ1n) is 7.02. The van der Waals surface area contributed by atoms with Crippen molar-refractivity contribution in [2.45, 2.75) is 25.7 Å². The van der Waals surface area contributed by atoms with Crippen molar-refractivity contribution < 1.29 is 14.7 Å². The zero-order chi connectivity index (χ0) is 14.4. The summed E-state index contributed by atoms with van der Waals surface area (Å²) >= 11 is 0. The van der Waals surface area contributed by atoms with Crippen LogP contribution in [0.2, 0.25) is 0 Å². The summed E-state index contributed by atoms with van der Waals surface area (Å²) in [4.78, 5) is 25.6. The number of hydrogen-bond donors (Lipinski definition) is 2. The van der Waals surface area contributed by atoms with E-state index in [9.17, 15) is 9.59 Å². The Balaban J connectivity index is 1.73. The van der Waals surface area contributed by atoms with E-state index < -0.39 is 0 Å². The number of nitrogens with one attached hydrogen (secondary N) is 1. The van der Waals surface area contributed by atoms with Gasteiger partial charge in [-0.2, -0.15) is 0 Å². The number of rotatable bonds is 4. The predicted octanol–water partition coefficient (Wildman–Crippen LogP) is 1.52. The van der Waals surface area contributed by atoms with E-state index in [-0.39, 0.29) is 17.6 Å². The third kappa shape index (κ3) is 3.98. The molecule has 0 bridgehead atoms. The number of carbonyl (C=O) groups excluding carboxylic acids is 2. The van der Waals surface area contributed by atoms with Crippen LogP contribution in [0.25, 0.3) is 0 Å². The van der Waals surface area contributed by atoms with Crippen molar-refractivity contribution in [3.63, 3.8) is 0 Å². The Kier molecular flexibility index (Phi) is 4.98. The van der Waals surface area contributed by atoms with E-state index in [4.69, 9.17) is 5.11 Å². The number of likely N-dealkylation sites (tertiary alicyclic amines) is 1. The molecular weight excluding hydrogens is 256 g/mol. The summed E-state index contributed by atoms with van der Waals surface area (Å²) in [5.74, 6) is 0.00831. The topological polar surface area (TPSA) is 69.6 Å². The minimum absolute atomic E-state index is 0.107. The first-order valence-corrected chi connectivity index (χ1v) is 7.02. The molecule has 1 aromatic carbocycles. The SMILES string of the molecule is O=C(NCCC(=O)N1CCCCC1)c1ccc(O)cc1. The number of nitrogens with zero attached hydrogens (tertiary/aromatic N) is 1. The normalized spacial score (nSPS) is 14.9. The predicted molar refractivity (Wildman–Crippen MR) is 75.5 cm³/mol. The van der Waals surface area contributed by atoms with Gasteiger partial charge < -0.3 is 15.3 Å². The quantitative estimate of drug-likeness (QED) is 0.876. The van der Waals surface area contributed by atoms with Crippen LogP contribution in [0.1, 0.15) is 36.0 Å². The second-order valence-electron chi connectivity index (χ2n) is 4.99. The van der Waals surface area contributed by atoms with Crippen LogP contribution < -0.4 is 5.32 Å². The van der Waals surface area contributed by atoms with Crippen molar-refractivity contribution in [3.05, 3.63) is 29.8 Å². The number of aromatic hydroxyl groups is 1. The fourth-order valence-corrected chi connectivity index (χ4v) is 2.30. The largest absolute Gasteiger partial charge is 0.508 e. The number of hydrogen-bond acceptors (Lipinski definition) is 3. The second kappa shape index (κ2) is 6.93. The monoisotopic (exact) mass is 276 g/mol. The van der Waals surface area contributed by atoms with Gasteiger partial charge in [-0.05, 0) is 43.5 Å². The first kappa shape index (κ1) is 14.4. The van der Waals surface area contributed by atoms with Crippen LogP contribution >= 0.6 is 0 Å². The summed E-state index contributed by atoms with van der Waals surface area (Å²) in [6.45, 7) is 2.02. The second-order valence-corrected chi connectivity index (χ2v) is 4.99. The van der Waals surface area contributed by atoms with E-state index in [1.807, 2.05) is 4.90 Å². The van der Waals surface area contributed by atoms with Crippen LogP contribution in [-0.2, 0) is 4.79 Å². The van der Waals surface area contributed by atoms with E-state index in [0.29, 0.717) is 18.5 Å². The third-order valence-electron chi connectivity index (χ3n) is 3.46. The van der Waals surface area contributed by atoms with Crippen molar-refractivity contribution in [3.8, 4) is 5.75 Å². The molecule has 1 heterocycles. The van der Waals surface area contributed by atoms with Gasteiger partial charge in [-0.25, -0.2) is 0 Å². The van der Waals surface area contributed by atoms with E-state index in [1.54, 1.807) is 12.1 Å². The molecule has 1 aliphatic rings.